The molecule has 0 aliphatic heterocycles. The molecule has 3 aliphatic carbocycles. The van der Waals surface area contributed by atoms with E-state index in [0.717, 1.165) is 68.5 Å². The number of rotatable bonds is 8. The summed E-state index contributed by atoms with van der Waals surface area (Å²) in [6.45, 7) is 3.63. The van der Waals surface area contributed by atoms with E-state index in [4.69, 9.17) is 4.74 Å². The molecule has 4 aromatic rings. The molecule has 0 bridgehead atoms. The van der Waals surface area contributed by atoms with Gasteiger partial charge in [0.05, 0.1) is 6.20 Å². The number of hydrogen-bond acceptors (Lipinski definition) is 5. The van der Waals surface area contributed by atoms with Crippen LogP contribution in [0.25, 0.3) is 11.3 Å². The molecular weight excluding hydrogens is 522 g/mol. The van der Waals surface area contributed by atoms with Crippen molar-refractivity contribution in [3.63, 3.8) is 0 Å². The van der Waals surface area contributed by atoms with Gasteiger partial charge in [0.15, 0.2) is 0 Å². The van der Waals surface area contributed by atoms with Gasteiger partial charge in [-0.15, -0.1) is 5.10 Å². The van der Waals surface area contributed by atoms with E-state index in [0.29, 0.717) is 36.1 Å². The number of phenolic OH excluding ortho intramolecular Hbond substituents is 1. The van der Waals surface area contributed by atoms with Crippen molar-refractivity contribution in [2.45, 2.75) is 70.9 Å². The second kappa shape index (κ2) is 11.0. The largest absolute Gasteiger partial charge is 0.508 e. The topological polar surface area (TPSA) is 77.2 Å². The molecule has 2 fully saturated rings. The van der Waals surface area contributed by atoms with E-state index in [1.807, 2.05) is 41.2 Å². The number of aromatic hydroxyl groups is 1. The molecule has 7 rings (SSSR count). The highest BCUT2D eigenvalue weighted by Crippen LogP contribution is 2.62. The van der Waals surface area contributed by atoms with Crippen LogP contribution in [-0.4, -0.2) is 25.9 Å². The van der Waals surface area contributed by atoms with Gasteiger partial charge >= 0.3 is 0 Å². The lowest BCUT2D eigenvalue weighted by Gasteiger charge is -2.50. The first-order chi connectivity index (χ1) is 20.5. The molecule has 216 valence electrons. The Morgan fingerprint density at radius 2 is 1.93 bits per heavy atom. The summed E-state index contributed by atoms with van der Waals surface area (Å²) in [6.07, 6.45) is 8.99. The number of benzene rings is 3. The highest BCUT2D eigenvalue weighted by atomic mass is 16.5. The Hall–Kier alpha value is -3.93. The molecule has 0 radical (unpaired) electrons. The number of carbonyl (C=O) groups is 1. The minimum atomic E-state index is -0.183. The number of aromatic nitrogens is 3. The van der Waals surface area contributed by atoms with Gasteiger partial charge in [0.2, 0.25) is 0 Å². The molecule has 1 heterocycles. The average Bonchev–Trinajstić information content (AvgIpc) is 3.58. The fourth-order valence-electron chi connectivity index (χ4n) is 8.43. The van der Waals surface area contributed by atoms with E-state index < -0.39 is 0 Å². The number of carbonyl (C=O) groups excluding carboxylic acids is 1. The summed E-state index contributed by atoms with van der Waals surface area (Å²) in [5.74, 6) is 3.63. The van der Waals surface area contributed by atoms with Gasteiger partial charge < -0.3 is 9.84 Å². The van der Waals surface area contributed by atoms with Crippen molar-refractivity contribution in [1.29, 1.82) is 0 Å². The predicted octanol–water partition coefficient (Wildman–Crippen LogP) is 7.36. The second-order valence-electron chi connectivity index (χ2n) is 12.9. The van der Waals surface area contributed by atoms with Crippen molar-refractivity contribution in [2.24, 2.45) is 23.2 Å². The molecule has 1 aromatic heterocycles. The average molecular weight is 562 g/mol. The van der Waals surface area contributed by atoms with Gasteiger partial charge in [-0.25, -0.2) is 0 Å². The van der Waals surface area contributed by atoms with Crippen LogP contribution in [-0.2, 0) is 24.4 Å². The Labute approximate surface area is 247 Å². The molecular formula is C36H39N3O3. The molecule has 6 heteroatoms. The zero-order chi connectivity index (χ0) is 28.7. The summed E-state index contributed by atoms with van der Waals surface area (Å²) in [6, 6.07) is 24.2. The van der Waals surface area contributed by atoms with Crippen LogP contribution in [0.5, 0.6) is 11.5 Å². The smallest absolute Gasteiger partial charge is 0.139 e. The van der Waals surface area contributed by atoms with Crippen molar-refractivity contribution in [2.75, 3.05) is 0 Å². The zero-order valence-electron chi connectivity index (χ0n) is 24.3. The Morgan fingerprint density at radius 3 is 2.79 bits per heavy atom. The number of ether oxygens (including phenoxy) is 1. The molecule has 3 aromatic carbocycles. The first-order valence-electron chi connectivity index (χ1n) is 15.5. The third-order valence-corrected chi connectivity index (χ3v) is 10.4. The summed E-state index contributed by atoms with van der Waals surface area (Å²) in [4.78, 5) is 13.5. The van der Waals surface area contributed by atoms with Crippen molar-refractivity contribution in [1.82, 2.24) is 15.0 Å². The molecule has 5 atom stereocenters. The molecule has 6 nitrogen and oxygen atoms in total. The number of hydrogen-bond donors (Lipinski definition) is 1. The Balaban J connectivity index is 1.02. The summed E-state index contributed by atoms with van der Waals surface area (Å²) >= 11 is 0. The first kappa shape index (κ1) is 26.9. The van der Waals surface area contributed by atoms with Gasteiger partial charge in [0.25, 0.3) is 0 Å². The van der Waals surface area contributed by atoms with Crippen LogP contribution >= 0.6 is 0 Å². The molecule has 0 spiro atoms. The molecule has 3 aliphatic rings. The molecule has 42 heavy (non-hydrogen) atoms. The third kappa shape index (κ3) is 5.01. The second-order valence-corrected chi connectivity index (χ2v) is 12.9. The van der Waals surface area contributed by atoms with Crippen molar-refractivity contribution < 1.29 is 14.6 Å². The quantitative estimate of drug-likeness (QED) is 0.243. The van der Waals surface area contributed by atoms with Crippen molar-refractivity contribution >= 4 is 5.78 Å². The molecule has 1 N–H and O–H groups in total. The minimum absolute atomic E-state index is 0.183. The van der Waals surface area contributed by atoms with E-state index in [-0.39, 0.29) is 11.2 Å². The Morgan fingerprint density at radius 1 is 1.05 bits per heavy atom. The summed E-state index contributed by atoms with van der Waals surface area (Å²) in [7, 11) is 0. The maximum absolute atomic E-state index is 13.5. The van der Waals surface area contributed by atoms with Gasteiger partial charge in [-0.2, -0.15) is 0 Å². The van der Waals surface area contributed by atoms with Crippen LogP contribution in [0.3, 0.4) is 0 Å². The van der Waals surface area contributed by atoms with Crippen LogP contribution in [0.1, 0.15) is 68.1 Å². The van der Waals surface area contributed by atoms with Crippen molar-refractivity contribution in [3.05, 3.63) is 95.7 Å². The Kier molecular flexibility index (Phi) is 7.09. The normalized spacial score (nSPS) is 26.4. The van der Waals surface area contributed by atoms with E-state index in [9.17, 15) is 9.90 Å². The summed E-state index contributed by atoms with van der Waals surface area (Å²) < 4.78 is 8.05. The lowest BCUT2D eigenvalue weighted by molar-refractivity contribution is -0.129. The first-order valence-corrected chi connectivity index (χ1v) is 15.5. The maximum Gasteiger partial charge on any atom is 0.139 e. The molecule has 2 saturated carbocycles. The van der Waals surface area contributed by atoms with Gasteiger partial charge in [0, 0.05) is 23.9 Å². The van der Waals surface area contributed by atoms with Crippen LogP contribution in [0.2, 0.25) is 0 Å². The standard InChI is InChI=1S/C36H39N3O3/c1-36-17-16-31-30-15-13-29(42-23-24-7-3-2-4-8-24)20-25(30)12-14-32(31)35(36)27(21-34(36)41)10-6-18-39-22-33(37-38-39)26-9-5-11-28(40)19-26/h2-5,7-9,11,13,15,19-20,22,27,31-32,35,40H,6,10,12,14,16-18,21,23H2,1H3. The fourth-order valence-corrected chi connectivity index (χ4v) is 8.43. The number of Topliss-reactive ketones (excluding diaryl/α,β-unsaturated/α-hetero) is 1. The highest BCUT2D eigenvalue weighted by Gasteiger charge is 2.58. The monoisotopic (exact) mass is 561 g/mol. The Bertz CT molecular complexity index is 1580. The summed E-state index contributed by atoms with van der Waals surface area (Å²) in [5, 5.41) is 18.4. The van der Waals surface area contributed by atoms with Crippen LogP contribution < -0.4 is 4.74 Å². The number of ketones is 1. The fraction of sp³-hybridized carbons (Fsp3) is 0.417. The summed E-state index contributed by atoms with van der Waals surface area (Å²) in [5.41, 5.74) is 5.54. The van der Waals surface area contributed by atoms with Crippen LogP contribution in [0, 0.1) is 23.2 Å². The lowest BCUT2D eigenvalue weighted by Crippen LogP contribution is -2.44. The van der Waals surface area contributed by atoms with E-state index in [1.165, 1.54) is 16.7 Å². The van der Waals surface area contributed by atoms with E-state index >= 15 is 0 Å². The third-order valence-electron chi connectivity index (χ3n) is 10.4. The predicted molar refractivity (Wildman–Crippen MR) is 162 cm³/mol. The minimum Gasteiger partial charge on any atom is -0.508 e. The highest BCUT2D eigenvalue weighted by molar-refractivity contribution is 5.87. The lowest BCUT2D eigenvalue weighted by atomic mass is 9.54. The van der Waals surface area contributed by atoms with Gasteiger partial charge in [-0.3, -0.25) is 9.48 Å². The SMILES string of the molecule is CC12CCC3c4ccc(OCc5ccccc5)cc4CCC3C1C(CCCn1cc(-c3cccc(O)c3)nn1)CC2=O. The molecule has 0 saturated heterocycles. The van der Waals surface area contributed by atoms with Gasteiger partial charge in [0.1, 0.15) is 29.6 Å². The van der Waals surface area contributed by atoms with E-state index in [2.05, 4.69) is 47.6 Å². The van der Waals surface area contributed by atoms with Crippen molar-refractivity contribution in [3.8, 4) is 22.8 Å². The van der Waals surface area contributed by atoms with Crippen LogP contribution in [0.4, 0.5) is 0 Å². The number of fused-ring (bicyclic) bond motifs is 5. The zero-order valence-corrected chi connectivity index (χ0v) is 24.3. The number of phenols is 1. The molecule has 5 unspecified atom stereocenters. The molecule has 0 amide bonds. The maximum atomic E-state index is 13.5. The van der Waals surface area contributed by atoms with E-state index in [1.54, 1.807) is 12.1 Å². The number of nitrogens with zero attached hydrogens (tertiary/aromatic N) is 3. The van der Waals surface area contributed by atoms with Crippen LogP contribution in [0.15, 0.2) is 79.0 Å². The number of aryl methyl sites for hydroxylation is 2. The van der Waals surface area contributed by atoms with Gasteiger partial charge in [-0.05, 0) is 103 Å². The van der Waals surface area contributed by atoms with Gasteiger partial charge in [-0.1, -0.05) is 60.7 Å².